The fourth-order valence-electron chi connectivity index (χ4n) is 4.85. The molecule has 2 rings (SSSR count). The molecule has 2 atom stereocenters. The summed E-state index contributed by atoms with van der Waals surface area (Å²) in [4.78, 5) is 54.7. The Bertz CT molecular complexity index is 1220. The van der Waals surface area contributed by atoms with Gasteiger partial charge in [0.15, 0.2) is 0 Å². The van der Waals surface area contributed by atoms with Crippen molar-refractivity contribution in [1.29, 1.82) is 0 Å². The zero-order valence-electron chi connectivity index (χ0n) is 26.2. The number of anilines is 1. The predicted molar refractivity (Wildman–Crippen MR) is 166 cm³/mol. The van der Waals surface area contributed by atoms with Crippen molar-refractivity contribution in [2.45, 2.75) is 105 Å². The number of primary amides is 1. The molecule has 0 saturated heterocycles. The molecule has 42 heavy (non-hydrogen) atoms. The molecule has 0 saturated carbocycles. The third-order valence-corrected chi connectivity index (χ3v) is 6.95. The van der Waals surface area contributed by atoms with Gasteiger partial charge in [-0.2, -0.15) is 0 Å². The predicted octanol–water partition coefficient (Wildman–Crippen LogP) is 5.86. The number of hydrogen-bond donors (Lipinski definition) is 3. The first-order chi connectivity index (χ1) is 19.7. The summed E-state index contributed by atoms with van der Waals surface area (Å²) in [6, 6.07) is 10.8. The van der Waals surface area contributed by atoms with Gasteiger partial charge in [-0.1, -0.05) is 75.1 Å². The highest BCUT2D eigenvalue weighted by Gasteiger charge is 2.37. The summed E-state index contributed by atoms with van der Waals surface area (Å²) in [7, 11) is 0. The number of carbonyl (C=O) groups is 4. The number of nitrogens with one attached hydrogen (secondary N) is 2. The molecule has 230 valence electrons. The highest BCUT2D eigenvalue weighted by molar-refractivity contribution is 6.00. The van der Waals surface area contributed by atoms with E-state index in [1.807, 2.05) is 63.2 Å². The molecule has 0 aromatic heterocycles. The van der Waals surface area contributed by atoms with Crippen molar-refractivity contribution >= 4 is 29.5 Å². The van der Waals surface area contributed by atoms with Gasteiger partial charge < -0.3 is 26.0 Å². The van der Waals surface area contributed by atoms with Crippen molar-refractivity contribution in [3.05, 3.63) is 64.7 Å². The van der Waals surface area contributed by atoms with Gasteiger partial charge in [0, 0.05) is 12.2 Å². The number of carbonyl (C=O) groups excluding carboxylic acids is 4. The average molecular weight is 581 g/mol. The van der Waals surface area contributed by atoms with Crippen molar-refractivity contribution in [3.63, 3.8) is 0 Å². The molecule has 4 N–H and O–H groups in total. The van der Waals surface area contributed by atoms with E-state index in [2.05, 4.69) is 17.6 Å². The van der Waals surface area contributed by atoms with Crippen LogP contribution in [-0.2, 0) is 19.1 Å². The molecule has 2 unspecified atom stereocenters. The Kier molecular flexibility index (Phi) is 13.0. The largest absolute Gasteiger partial charge is 0.444 e. The first kappa shape index (κ1) is 34.3. The number of unbranched alkanes of at least 4 members (excludes halogenated alkanes) is 4. The average Bonchev–Trinajstić information content (AvgIpc) is 2.88. The van der Waals surface area contributed by atoms with Gasteiger partial charge in [0.2, 0.25) is 11.8 Å². The molecule has 0 aliphatic carbocycles. The molecule has 4 amide bonds. The van der Waals surface area contributed by atoms with Crippen LogP contribution in [0.4, 0.5) is 10.5 Å². The van der Waals surface area contributed by atoms with Gasteiger partial charge in [-0.15, -0.1) is 0 Å². The van der Waals surface area contributed by atoms with Gasteiger partial charge in [-0.05, 0) is 70.2 Å². The summed E-state index contributed by atoms with van der Waals surface area (Å²) < 4.78 is 5.37. The second-order valence-corrected chi connectivity index (χ2v) is 11.8. The van der Waals surface area contributed by atoms with E-state index < -0.39 is 47.9 Å². The molecule has 0 radical (unpaired) electrons. The minimum absolute atomic E-state index is 0.243. The fourth-order valence-corrected chi connectivity index (χ4v) is 4.85. The maximum Gasteiger partial charge on any atom is 0.408 e. The Balaban J connectivity index is 2.59. The number of para-hydroxylation sites is 1. The van der Waals surface area contributed by atoms with Crippen LogP contribution in [0.2, 0.25) is 0 Å². The number of nitrogens with zero attached hydrogens (tertiary/aromatic N) is 1. The lowest BCUT2D eigenvalue weighted by atomic mass is 9.96. The van der Waals surface area contributed by atoms with Crippen LogP contribution in [0.1, 0.15) is 94.5 Å². The third-order valence-electron chi connectivity index (χ3n) is 6.95. The number of aryl methyl sites for hydroxylation is 3. The van der Waals surface area contributed by atoms with Crippen molar-refractivity contribution in [1.82, 2.24) is 10.2 Å². The van der Waals surface area contributed by atoms with Crippen LogP contribution >= 0.6 is 0 Å². The van der Waals surface area contributed by atoms with Crippen LogP contribution in [0.15, 0.2) is 42.5 Å². The Morgan fingerprint density at radius 3 is 2.05 bits per heavy atom. The van der Waals surface area contributed by atoms with Crippen LogP contribution in [0.5, 0.6) is 0 Å². The van der Waals surface area contributed by atoms with E-state index in [4.69, 9.17) is 10.5 Å². The monoisotopic (exact) mass is 580 g/mol. The number of alkyl carbamates (subject to hydrolysis) is 1. The quantitative estimate of drug-likeness (QED) is 0.241. The van der Waals surface area contributed by atoms with E-state index in [0.29, 0.717) is 17.7 Å². The SMILES string of the molecule is CCCCCCCN(C(=O)C(CC(N)=O)NC(=O)OC(C)(C)C)C(C(=O)Nc1c(C)cccc1C)c1ccccc1C. The van der Waals surface area contributed by atoms with Gasteiger partial charge in [-0.3, -0.25) is 14.4 Å². The van der Waals surface area contributed by atoms with Crippen LogP contribution in [0, 0.1) is 20.8 Å². The Labute approximate surface area is 250 Å². The lowest BCUT2D eigenvalue weighted by molar-refractivity contribution is -0.142. The summed E-state index contributed by atoms with van der Waals surface area (Å²) in [5.41, 5.74) is 8.63. The summed E-state index contributed by atoms with van der Waals surface area (Å²) in [6.45, 7) is 13.2. The van der Waals surface area contributed by atoms with Crippen LogP contribution in [0.3, 0.4) is 0 Å². The lowest BCUT2D eigenvalue weighted by Crippen LogP contribution is -2.53. The lowest BCUT2D eigenvalue weighted by Gasteiger charge is -2.35. The van der Waals surface area contributed by atoms with E-state index in [1.165, 1.54) is 4.90 Å². The molecule has 0 aliphatic heterocycles. The molecule has 0 heterocycles. The van der Waals surface area contributed by atoms with Gasteiger partial charge in [0.05, 0.1) is 6.42 Å². The molecular formula is C33H48N4O5. The Hall–Kier alpha value is -3.88. The minimum Gasteiger partial charge on any atom is -0.444 e. The number of benzene rings is 2. The van der Waals surface area contributed by atoms with Crippen LogP contribution in [-0.4, -0.2) is 46.9 Å². The van der Waals surface area contributed by atoms with E-state index in [1.54, 1.807) is 20.8 Å². The summed E-state index contributed by atoms with van der Waals surface area (Å²) in [5.74, 6) is -1.74. The molecule has 0 bridgehead atoms. The first-order valence-corrected chi connectivity index (χ1v) is 14.8. The van der Waals surface area contributed by atoms with Crippen molar-refractivity contribution in [2.24, 2.45) is 5.73 Å². The zero-order valence-corrected chi connectivity index (χ0v) is 26.2. The van der Waals surface area contributed by atoms with Crippen molar-refractivity contribution < 1.29 is 23.9 Å². The van der Waals surface area contributed by atoms with Crippen molar-refractivity contribution in [3.8, 4) is 0 Å². The molecule has 9 heteroatoms. The number of rotatable bonds is 14. The number of hydrogen-bond acceptors (Lipinski definition) is 5. The number of nitrogens with two attached hydrogens (primary N) is 1. The molecule has 0 fully saturated rings. The van der Waals surface area contributed by atoms with Gasteiger partial charge in [-0.25, -0.2) is 4.79 Å². The van der Waals surface area contributed by atoms with Gasteiger partial charge >= 0.3 is 6.09 Å². The topological polar surface area (TPSA) is 131 Å². The van der Waals surface area contributed by atoms with Gasteiger partial charge in [0.25, 0.3) is 5.91 Å². The number of ether oxygens (including phenoxy) is 1. The van der Waals surface area contributed by atoms with E-state index in [0.717, 1.165) is 42.4 Å². The van der Waals surface area contributed by atoms with E-state index in [-0.39, 0.29) is 6.54 Å². The minimum atomic E-state index is -1.31. The first-order valence-electron chi connectivity index (χ1n) is 14.8. The second-order valence-electron chi connectivity index (χ2n) is 11.8. The Morgan fingerprint density at radius 2 is 1.48 bits per heavy atom. The third kappa shape index (κ3) is 10.5. The van der Waals surface area contributed by atoms with E-state index >= 15 is 0 Å². The smallest absolute Gasteiger partial charge is 0.408 e. The van der Waals surface area contributed by atoms with Crippen LogP contribution < -0.4 is 16.4 Å². The summed E-state index contributed by atoms with van der Waals surface area (Å²) in [5, 5.41) is 5.60. The maximum atomic E-state index is 14.3. The standard InChI is InChI=1S/C33H48N4O5/c1-8-9-10-11-14-20-37(31(40)26(21-27(34)38)35-32(41)42-33(5,6)7)29(25-19-13-12-16-22(25)2)30(39)36-28-23(3)17-15-18-24(28)4/h12-13,15-19,26,29H,8-11,14,20-21H2,1-7H3,(H2,34,38)(H,35,41)(H,36,39). The molecule has 0 aliphatic rings. The normalized spacial score (nSPS) is 12.6. The highest BCUT2D eigenvalue weighted by Crippen LogP contribution is 2.29. The summed E-state index contributed by atoms with van der Waals surface area (Å²) in [6.07, 6.45) is 3.32. The summed E-state index contributed by atoms with van der Waals surface area (Å²) >= 11 is 0. The molecule has 0 spiro atoms. The molecule has 2 aromatic rings. The zero-order chi connectivity index (χ0) is 31.4. The van der Waals surface area contributed by atoms with Gasteiger partial charge in [0.1, 0.15) is 17.7 Å². The molecule has 2 aromatic carbocycles. The molecular weight excluding hydrogens is 532 g/mol. The Morgan fingerprint density at radius 1 is 0.881 bits per heavy atom. The van der Waals surface area contributed by atoms with Crippen LogP contribution in [0.25, 0.3) is 0 Å². The molecule has 9 nitrogen and oxygen atoms in total. The highest BCUT2D eigenvalue weighted by atomic mass is 16.6. The fraction of sp³-hybridized carbons (Fsp3) is 0.515. The van der Waals surface area contributed by atoms with Crippen molar-refractivity contribution in [2.75, 3.05) is 11.9 Å². The number of amides is 4. The second kappa shape index (κ2) is 15.9. The maximum absolute atomic E-state index is 14.3. The van der Waals surface area contributed by atoms with E-state index in [9.17, 15) is 19.2 Å².